The maximum Gasteiger partial charge on any atom is -0.412 e. The van der Waals surface area contributed by atoms with Gasteiger partial charge in [-0.15, -0.1) is 0 Å². The first-order valence-corrected chi connectivity index (χ1v) is 11.4. The summed E-state index contributed by atoms with van der Waals surface area (Å²) in [5.74, 6) is 0. The average molecular weight is 312 g/mol. The van der Waals surface area contributed by atoms with Crippen LogP contribution < -0.4 is 0 Å². The van der Waals surface area contributed by atoms with Crippen LogP contribution in [-0.4, -0.2) is 28.2 Å². The van der Waals surface area contributed by atoms with Crippen molar-refractivity contribution in [2.75, 3.05) is 0 Å². The van der Waals surface area contributed by atoms with E-state index in [2.05, 4.69) is 20.8 Å². The van der Waals surface area contributed by atoms with Gasteiger partial charge in [-0.1, -0.05) is 0 Å². The number of rotatable bonds is 3. The van der Waals surface area contributed by atoms with Gasteiger partial charge in [-0.05, 0) is 0 Å². The van der Waals surface area contributed by atoms with Crippen LogP contribution in [0, 0.1) is 0 Å². The second kappa shape index (κ2) is 7.88. The van der Waals surface area contributed by atoms with Gasteiger partial charge in [0, 0.05) is 0 Å². The molecular weight excluding hydrogens is 295 g/mol. The third-order valence-electron chi connectivity index (χ3n) is 1.50. The largest absolute Gasteiger partial charge is 0.412 e. The molecule has 0 spiro atoms. The van der Waals surface area contributed by atoms with E-state index in [-0.39, 0.29) is 5.48 Å². The van der Waals surface area contributed by atoms with Crippen LogP contribution in [0.25, 0.3) is 0 Å². The van der Waals surface area contributed by atoms with Gasteiger partial charge < -0.3 is 5.48 Å². The number of hydrogen-bond acceptors (Lipinski definition) is 0. The monoisotopic (exact) mass is 313 g/mol. The van der Waals surface area contributed by atoms with E-state index in [9.17, 15) is 0 Å². The molecule has 0 heterocycles. The molecule has 0 bridgehead atoms. The zero-order chi connectivity index (χ0) is 5.70. The van der Waals surface area contributed by atoms with Crippen LogP contribution in [0.5, 0.6) is 0 Å². The van der Waals surface area contributed by atoms with E-state index in [0.29, 0.717) is 0 Å². The molecular formula is C6H17OPb. The maximum atomic E-state index is 2.36. The Balaban J connectivity index is 0. The summed E-state index contributed by atoms with van der Waals surface area (Å²) in [6.07, 6.45) is 0. The van der Waals surface area contributed by atoms with Gasteiger partial charge in [0.25, 0.3) is 0 Å². The van der Waals surface area contributed by atoms with E-state index in [1.807, 2.05) is 0 Å². The fourth-order valence-electron chi connectivity index (χ4n) is 0.750. The van der Waals surface area contributed by atoms with Crippen LogP contribution in [0.1, 0.15) is 20.8 Å². The van der Waals surface area contributed by atoms with Crippen LogP contribution in [0.3, 0.4) is 0 Å². The van der Waals surface area contributed by atoms with Crippen molar-refractivity contribution in [1.82, 2.24) is 0 Å². The van der Waals surface area contributed by atoms with Gasteiger partial charge >= 0.3 is 55.4 Å². The molecule has 1 nitrogen and oxygen atoms in total. The zero-order valence-corrected chi connectivity index (χ0v) is 10.0. The first kappa shape index (κ1) is 11.7. The predicted octanol–water partition coefficient (Wildman–Crippen LogP) is 1.72. The SMILES string of the molecule is C[CH2][Pb]([CH2]C)[CH2]C.O. The van der Waals surface area contributed by atoms with Gasteiger partial charge in [-0.3, -0.25) is 0 Å². The van der Waals surface area contributed by atoms with Gasteiger partial charge in [0.05, 0.1) is 0 Å². The molecule has 0 atom stereocenters. The second-order valence-corrected chi connectivity index (χ2v) is 15.9. The molecule has 0 fully saturated rings. The van der Waals surface area contributed by atoms with Crippen molar-refractivity contribution in [2.45, 2.75) is 32.7 Å². The summed E-state index contributed by atoms with van der Waals surface area (Å²) in [5.41, 5.74) is 0. The molecule has 0 aliphatic rings. The van der Waals surface area contributed by atoms with Crippen molar-refractivity contribution in [3.05, 3.63) is 0 Å². The van der Waals surface area contributed by atoms with Crippen molar-refractivity contribution in [3.8, 4) is 0 Å². The standard InChI is InChI=1S/3C2H5.H2O.Pb/c3*1-2;;/h3*1H2,2H3;1H2;. The minimum Gasteiger partial charge on any atom is -0.412 e. The van der Waals surface area contributed by atoms with Crippen LogP contribution in [0.15, 0.2) is 0 Å². The molecule has 0 aliphatic carbocycles. The fourth-order valence-corrected chi connectivity index (χ4v) is 6.58. The van der Waals surface area contributed by atoms with E-state index >= 15 is 0 Å². The minimum absolute atomic E-state index is 0. The number of hydrogen-bond donors (Lipinski definition) is 0. The fraction of sp³-hybridized carbons (Fsp3) is 1.00. The third-order valence-corrected chi connectivity index (χ3v) is 13.2. The molecule has 1 radical (unpaired) electrons. The van der Waals surface area contributed by atoms with Crippen LogP contribution in [0.4, 0.5) is 0 Å². The van der Waals surface area contributed by atoms with Gasteiger partial charge in [0.15, 0.2) is 0 Å². The zero-order valence-electron chi connectivity index (χ0n) is 6.12. The summed E-state index contributed by atoms with van der Waals surface area (Å²) < 4.78 is 4.70. The Morgan fingerprint density at radius 2 is 1.12 bits per heavy atom. The maximum absolute atomic E-state index is 2.36. The van der Waals surface area contributed by atoms with Crippen molar-refractivity contribution < 1.29 is 5.48 Å². The Kier molecular flexibility index (Phi) is 11.5. The molecule has 0 aromatic heterocycles. The van der Waals surface area contributed by atoms with E-state index < -0.39 is 22.7 Å². The molecule has 0 unspecified atom stereocenters. The molecule has 0 saturated carbocycles. The van der Waals surface area contributed by atoms with Crippen molar-refractivity contribution in [1.29, 1.82) is 0 Å². The Hall–Kier alpha value is 0.882. The molecule has 0 rings (SSSR count). The molecule has 0 amide bonds. The molecule has 8 heavy (non-hydrogen) atoms. The summed E-state index contributed by atoms with van der Waals surface area (Å²) in [6.45, 7) is 7.07. The van der Waals surface area contributed by atoms with E-state index in [0.717, 1.165) is 0 Å². The molecule has 51 valence electrons. The topological polar surface area (TPSA) is 31.5 Å². The quantitative estimate of drug-likeness (QED) is 0.711. The predicted molar refractivity (Wildman–Crippen MR) is 40.8 cm³/mol. The van der Waals surface area contributed by atoms with Gasteiger partial charge in [0.1, 0.15) is 0 Å². The van der Waals surface area contributed by atoms with Crippen LogP contribution >= 0.6 is 0 Å². The van der Waals surface area contributed by atoms with E-state index in [1.165, 1.54) is 0 Å². The average Bonchev–Trinajstić information content (AvgIpc) is 1.72. The molecule has 0 aromatic carbocycles. The summed E-state index contributed by atoms with van der Waals surface area (Å²) in [4.78, 5) is 0. The normalized spacial score (nSPS) is 9.00. The molecule has 2 heteroatoms. The molecule has 0 aromatic rings. The molecule has 0 aliphatic heterocycles. The third kappa shape index (κ3) is 5.03. The summed E-state index contributed by atoms with van der Waals surface area (Å²) >= 11 is -0.789. The Labute approximate surface area is 60.9 Å². The Morgan fingerprint density at radius 3 is 1.12 bits per heavy atom. The van der Waals surface area contributed by atoms with E-state index in [1.54, 1.807) is 11.9 Å². The van der Waals surface area contributed by atoms with E-state index in [4.69, 9.17) is 0 Å². The minimum atomic E-state index is -0.789. The second-order valence-electron chi connectivity index (χ2n) is 1.81. The first-order valence-electron chi connectivity index (χ1n) is 3.18. The summed E-state index contributed by atoms with van der Waals surface area (Å²) in [6, 6.07) is 0. The first-order chi connectivity index (χ1) is 3.35. The van der Waals surface area contributed by atoms with Crippen LogP contribution in [0.2, 0.25) is 11.9 Å². The van der Waals surface area contributed by atoms with Crippen molar-refractivity contribution in [2.24, 2.45) is 0 Å². The summed E-state index contributed by atoms with van der Waals surface area (Å²) in [7, 11) is 0. The van der Waals surface area contributed by atoms with Crippen molar-refractivity contribution >= 4 is 22.7 Å². The molecule has 2 N–H and O–H groups in total. The van der Waals surface area contributed by atoms with Crippen molar-refractivity contribution in [3.63, 3.8) is 0 Å². The Morgan fingerprint density at radius 1 is 0.875 bits per heavy atom. The molecule has 0 saturated heterocycles. The van der Waals surface area contributed by atoms with Gasteiger partial charge in [-0.2, -0.15) is 0 Å². The Bertz CT molecular complexity index is 30.0. The summed E-state index contributed by atoms with van der Waals surface area (Å²) in [5, 5.41) is 0. The van der Waals surface area contributed by atoms with Crippen LogP contribution in [-0.2, 0) is 0 Å². The smallest absolute Gasteiger partial charge is 0.412 e. The van der Waals surface area contributed by atoms with Gasteiger partial charge in [0.2, 0.25) is 0 Å². The van der Waals surface area contributed by atoms with Gasteiger partial charge in [-0.25, -0.2) is 0 Å².